The van der Waals surface area contributed by atoms with Gasteiger partial charge in [-0.1, -0.05) is 18.2 Å². The number of rotatable bonds is 5. The van der Waals surface area contributed by atoms with Gasteiger partial charge in [-0.05, 0) is 36.4 Å². The summed E-state index contributed by atoms with van der Waals surface area (Å²) in [6.07, 6.45) is 3.15. The number of nitrogens with zero attached hydrogens (tertiary/aromatic N) is 4. The van der Waals surface area contributed by atoms with Gasteiger partial charge in [0.25, 0.3) is 5.91 Å². The van der Waals surface area contributed by atoms with Gasteiger partial charge >= 0.3 is 0 Å². The van der Waals surface area contributed by atoms with Gasteiger partial charge in [-0.25, -0.2) is 9.97 Å². The van der Waals surface area contributed by atoms with E-state index in [4.69, 9.17) is 4.74 Å². The minimum Gasteiger partial charge on any atom is -0.497 e. The lowest BCUT2D eigenvalue weighted by Crippen LogP contribution is -2.47. The molecule has 0 saturated carbocycles. The molecule has 148 valence electrons. The maximum absolute atomic E-state index is 12.4. The highest BCUT2D eigenvalue weighted by molar-refractivity contribution is 6.03. The average molecular weight is 389 g/mol. The summed E-state index contributed by atoms with van der Waals surface area (Å²) in [7, 11) is 1.61. The number of methoxy groups -OCH3 is 1. The van der Waals surface area contributed by atoms with Crippen molar-refractivity contribution in [3.05, 3.63) is 72.6 Å². The molecule has 2 heterocycles. The zero-order valence-corrected chi connectivity index (χ0v) is 16.3. The van der Waals surface area contributed by atoms with Crippen molar-refractivity contribution < 1.29 is 9.53 Å². The summed E-state index contributed by atoms with van der Waals surface area (Å²) in [6.45, 7) is 3.50. The molecule has 1 fully saturated rings. The molecule has 1 amide bonds. The summed E-state index contributed by atoms with van der Waals surface area (Å²) in [5.41, 5.74) is 2.35. The predicted octanol–water partition coefficient (Wildman–Crippen LogP) is 3.06. The van der Waals surface area contributed by atoms with Gasteiger partial charge in [-0.15, -0.1) is 0 Å². The molecule has 1 aliphatic rings. The monoisotopic (exact) mass is 389 g/mol. The van der Waals surface area contributed by atoms with Gasteiger partial charge in [0.2, 0.25) is 5.95 Å². The first-order valence-electron chi connectivity index (χ1n) is 9.55. The Balaban J connectivity index is 1.34. The van der Waals surface area contributed by atoms with Gasteiger partial charge in [0.1, 0.15) is 5.75 Å². The standard InChI is InChI=1S/C22H23N5O2/c1-29-20-9-7-18(8-10-20)25-21(28)17-15-23-22(24-16-17)27-13-11-26(12-14-27)19-5-3-2-4-6-19/h2-10,15-16H,11-14H2,1H3,(H,25,28). The lowest BCUT2D eigenvalue weighted by atomic mass is 10.2. The smallest absolute Gasteiger partial charge is 0.258 e. The molecule has 0 atom stereocenters. The Morgan fingerprint density at radius 1 is 0.897 bits per heavy atom. The SMILES string of the molecule is COc1ccc(NC(=O)c2cnc(N3CCN(c4ccccc4)CC3)nc2)cc1. The first-order valence-corrected chi connectivity index (χ1v) is 9.55. The van der Waals surface area contributed by atoms with Crippen LogP contribution in [-0.2, 0) is 0 Å². The zero-order chi connectivity index (χ0) is 20.1. The molecule has 4 rings (SSSR count). The molecular weight excluding hydrogens is 366 g/mol. The number of ether oxygens (including phenoxy) is 1. The van der Waals surface area contributed by atoms with E-state index in [9.17, 15) is 4.79 Å². The Hall–Kier alpha value is -3.61. The highest BCUT2D eigenvalue weighted by Crippen LogP contribution is 2.19. The van der Waals surface area contributed by atoms with Crippen LogP contribution in [0.4, 0.5) is 17.3 Å². The van der Waals surface area contributed by atoms with Gasteiger partial charge in [0, 0.05) is 49.9 Å². The normalized spacial score (nSPS) is 13.8. The summed E-state index contributed by atoms with van der Waals surface area (Å²) in [5, 5.41) is 2.84. The Labute approximate surface area is 170 Å². The second-order valence-corrected chi connectivity index (χ2v) is 6.76. The number of piperazine rings is 1. The fraction of sp³-hybridized carbons (Fsp3) is 0.227. The van der Waals surface area contributed by atoms with Crippen molar-refractivity contribution in [1.82, 2.24) is 9.97 Å². The van der Waals surface area contributed by atoms with Crippen molar-refractivity contribution in [1.29, 1.82) is 0 Å². The summed E-state index contributed by atoms with van der Waals surface area (Å²) in [4.78, 5) is 25.7. The lowest BCUT2D eigenvalue weighted by molar-refractivity contribution is 0.102. The number of hydrogen-bond donors (Lipinski definition) is 1. The van der Waals surface area contributed by atoms with Crippen LogP contribution in [0.15, 0.2) is 67.0 Å². The van der Waals surface area contributed by atoms with Crippen LogP contribution >= 0.6 is 0 Å². The highest BCUT2D eigenvalue weighted by Gasteiger charge is 2.19. The Bertz CT molecular complexity index is 937. The van der Waals surface area contributed by atoms with E-state index in [1.807, 2.05) is 6.07 Å². The predicted molar refractivity (Wildman–Crippen MR) is 114 cm³/mol. The van der Waals surface area contributed by atoms with Crippen LogP contribution in [0.25, 0.3) is 0 Å². The third-order valence-corrected chi connectivity index (χ3v) is 4.93. The average Bonchev–Trinajstić information content (AvgIpc) is 2.80. The minimum atomic E-state index is -0.240. The van der Waals surface area contributed by atoms with Crippen LogP contribution in [0.1, 0.15) is 10.4 Å². The molecular formula is C22H23N5O2. The van der Waals surface area contributed by atoms with Crippen molar-refractivity contribution in [2.45, 2.75) is 0 Å². The van der Waals surface area contributed by atoms with Crippen molar-refractivity contribution >= 4 is 23.2 Å². The van der Waals surface area contributed by atoms with Crippen LogP contribution in [0.2, 0.25) is 0 Å². The molecule has 1 aromatic heterocycles. The molecule has 29 heavy (non-hydrogen) atoms. The molecule has 3 aromatic rings. The molecule has 0 spiro atoms. The summed E-state index contributed by atoms with van der Waals surface area (Å²) >= 11 is 0. The fourth-order valence-electron chi connectivity index (χ4n) is 3.28. The van der Waals surface area contributed by atoms with Crippen molar-refractivity contribution in [2.24, 2.45) is 0 Å². The van der Waals surface area contributed by atoms with E-state index < -0.39 is 0 Å². The van der Waals surface area contributed by atoms with Gasteiger partial charge in [-0.2, -0.15) is 0 Å². The molecule has 0 unspecified atom stereocenters. The molecule has 7 heteroatoms. The number of carbonyl (C=O) groups excluding carboxylic acids is 1. The van der Waals surface area contributed by atoms with Crippen molar-refractivity contribution in [3.63, 3.8) is 0 Å². The fourth-order valence-corrected chi connectivity index (χ4v) is 3.28. The topological polar surface area (TPSA) is 70.6 Å². The van der Waals surface area contributed by atoms with E-state index in [-0.39, 0.29) is 5.91 Å². The summed E-state index contributed by atoms with van der Waals surface area (Å²) in [5.74, 6) is 1.15. The van der Waals surface area contributed by atoms with E-state index in [0.717, 1.165) is 31.9 Å². The Morgan fingerprint density at radius 2 is 1.52 bits per heavy atom. The molecule has 1 aliphatic heterocycles. The van der Waals surface area contributed by atoms with Gasteiger partial charge < -0.3 is 19.9 Å². The number of amides is 1. The number of aromatic nitrogens is 2. The zero-order valence-electron chi connectivity index (χ0n) is 16.3. The molecule has 2 aromatic carbocycles. The first kappa shape index (κ1) is 18.7. The van der Waals surface area contributed by atoms with Crippen LogP contribution in [0.5, 0.6) is 5.75 Å². The number of carbonyl (C=O) groups is 1. The lowest BCUT2D eigenvalue weighted by Gasteiger charge is -2.36. The number of anilines is 3. The quantitative estimate of drug-likeness (QED) is 0.723. The van der Waals surface area contributed by atoms with Crippen LogP contribution in [0.3, 0.4) is 0 Å². The Kier molecular flexibility index (Phi) is 5.56. The molecule has 1 N–H and O–H groups in total. The number of nitrogens with one attached hydrogen (secondary N) is 1. The summed E-state index contributed by atoms with van der Waals surface area (Å²) < 4.78 is 5.12. The third-order valence-electron chi connectivity index (χ3n) is 4.93. The first-order chi connectivity index (χ1) is 14.2. The van der Waals surface area contributed by atoms with Crippen LogP contribution in [-0.4, -0.2) is 49.2 Å². The number of para-hydroxylation sites is 1. The second kappa shape index (κ2) is 8.60. The van der Waals surface area contributed by atoms with Gasteiger partial charge in [0.05, 0.1) is 12.7 Å². The van der Waals surface area contributed by atoms with Crippen LogP contribution < -0.4 is 19.9 Å². The largest absolute Gasteiger partial charge is 0.497 e. The molecule has 0 aliphatic carbocycles. The molecule has 0 bridgehead atoms. The molecule has 0 radical (unpaired) electrons. The van der Waals surface area contributed by atoms with E-state index in [1.54, 1.807) is 43.8 Å². The Morgan fingerprint density at radius 3 is 2.14 bits per heavy atom. The highest BCUT2D eigenvalue weighted by atomic mass is 16.5. The molecule has 1 saturated heterocycles. The van der Waals surface area contributed by atoms with E-state index in [2.05, 4.69) is 49.4 Å². The van der Waals surface area contributed by atoms with E-state index >= 15 is 0 Å². The van der Waals surface area contributed by atoms with E-state index in [0.29, 0.717) is 17.2 Å². The van der Waals surface area contributed by atoms with Crippen molar-refractivity contribution in [3.8, 4) is 5.75 Å². The van der Waals surface area contributed by atoms with Gasteiger partial charge in [0.15, 0.2) is 0 Å². The maximum atomic E-state index is 12.4. The number of benzene rings is 2. The summed E-state index contributed by atoms with van der Waals surface area (Å²) in [6, 6.07) is 17.6. The molecule has 7 nitrogen and oxygen atoms in total. The van der Waals surface area contributed by atoms with E-state index in [1.165, 1.54) is 5.69 Å². The number of hydrogen-bond acceptors (Lipinski definition) is 6. The third kappa shape index (κ3) is 4.45. The minimum absolute atomic E-state index is 0.240. The second-order valence-electron chi connectivity index (χ2n) is 6.76. The van der Waals surface area contributed by atoms with Crippen molar-refractivity contribution in [2.75, 3.05) is 48.4 Å². The van der Waals surface area contributed by atoms with Crippen LogP contribution in [0, 0.1) is 0 Å². The van der Waals surface area contributed by atoms with Gasteiger partial charge in [-0.3, -0.25) is 4.79 Å². The maximum Gasteiger partial charge on any atom is 0.258 e.